The number of amides is 1. The number of carbonyl (C=O) groups is 2. The highest BCUT2D eigenvalue weighted by molar-refractivity contribution is 6.19. The van der Waals surface area contributed by atoms with Crippen LogP contribution in [0.2, 0.25) is 0 Å². The molecule has 0 bridgehead atoms. The number of benzene rings is 1. The van der Waals surface area contributed by atoms with Gasteiger partial charge in [-0.05, 0) is 11.6 Å². The zero-order valence-electron chi connectivity index (χ0n) is 8.05. The second-order valence-electron chi connectivity index (χ2n) is 3.38. The molecule has 1 heterocycles. The fourth-order valence-corrected chi connectivity index (χ4v) is 1.91. The van der Waals surface area contributed by atoms with E-state index in [9.17, 15) is 9.59 Å². The Bertz CT molecular complexity index is 429. The summed E-state index contributed by atoms with van der Waals surface area (Å²) >= 11 is 5.52. The third kappa shape index (κ3) is 1.75. The Morgan fingerprint density at radius 1 is 1.47 bits per heavy atom. The maximum atomic E-state index is 11.7. The van der Waals surface area contributed by atoms with Crippen LogP contribution >= 0.6 is 11.6 Å². The molecule has 0 radical (unpaired) electrons. The smallest absolute Gasteiger partial charge is 0.251 e. The standard InChI is InChI=1S/C11H10ClNO2/c12-5-4-10(14)7-2-1-3-8-9(7)6-13-11(8)15/h1-3H,4-6H2,(H,13,15). The topological polar surface area (TPSA) is 46.2 Å². The number of carbonyl (C=O) groups excluding carboxylic acids is 2. The molecule has 0 aromatic heterocycles. The number of hydrogen-bond donors (Lipinski definition) is 1. The summed E-state index contributed by atoms with van der Waals surface area (Å²) in [4.78, 5) is 23.0. The summed E-state index contributed by atoms with van der Waals surface area (Å²) in [7, 11) is 0. The SMILES string of the molecule is O=C(CCCl)c1cccc2c1CNC2=O. The summed E-state index contributed by atoms with van der Waals surface area (Å²) in [6, 6.07) is 5.20. The van der Waals surface area contributed by atoms with Gasteiger partial charge in [-0.1, -0.05) is 12.1 Å². The third-order valence-electron chi connectivity index (χ3n) is 2.47. The highest BCUT2D eigenvalue weighted by atomic mass is 35.5. The number of halogens is 1. The fourth-order valence-electron chi connectivity index (χ4n) is 1.74. The van der Waals surface area contributed by atoms with E-state index < -0.39 is 0 Å². The summed E-state index contributed by atoms with van der Waals surface area (Å²) in [5, 5.41) is 2.70. The largest absolute Gasteiger partial charge is 0.348 e. The molecule has 0 spiro atoms. The zero-order valence-corrected chi connectivity index (χ0v) is 8.80. The van der Waals surface area contributed by atoms with Crippen LogP contribution < -0.4 is 5.32 Å². The van der Waals surface area contributed by atoms with Gasteiger partial charge in [0.1, 0.15) is 0 Å². The van der Waals surface area contributed by atoms with Crippen LogP contribution in [0.4, 0.5) is 0 Å². The van der Waals surface area contributed by atoms with Crippen molar-refractivity contribution in [2.45, 2.75) is 13.0 Å². The normalized spacial score (nSPS) is 13.5. The van der Waals surface area contributed by atoms with Crippen LogP contribution in [-0.2, 0) is 6.54 Å². The molecule has 3 nitrogen and oxygen atoms in total. The van der Waals surface area contributed by atoms with Crippen molar-refractivity contribution in [2.75, 3.05) is 5.88 Å². The molecule has 0 atom stereocenters. The Balaban J connectivity index is 2.42. The highest BCUT2D eigenvalue weighted by Gasteiger charge is 2.23. The van der Waals surface area contributed by atoms with E-state index in [0.29, 0.717) is 30.0 Å². The van der Waals surface area contributed by atoms with E-state index in [4.69, 9.17) is 11.6 Å². The highest BCUT2D eigenvalue weighted by Crippen LogP contribution is 2.21. The summed E-state index contributed by atoms with van der Waals surface area (Å²) in [5.41, 5.74) is 2.03. The predicted molar refractivity (Wildman–Crippen MR) is 57.3 cm³/mol. The van der Waals surface area contributed by atoms with Crippen LogP contribution in [-0.4, -0.2) is 17.6 Å². The minimum absolute atomic E-state index is 0.00153. The maximum Gasteiger partial charge on any atom is 0.251 e. The predicted octanol–water partition coefficient (Wildman–Crippen LogP) is 1.74. The van der Waals surface area contributed by atoms with Gasteiger partial charge < -0.3 is 5.32 Å². The van der Waals surface area contributed by atoms with Crippen molar-refractivity contribution < 1.29 is 9.59 Å². The van der Waals surface area contributed by atoms with E-state index >= 15 is 0 Å². The van der Waals surface area contributed by atoms with Gasteiger partial charge in [-0.3, -0.25) is 9.59 Å². The van der Waals surface area contributed by atoms with Crippen molar-refractivity contribution in [3.05, 3.63) is 34.9 Å². The molecule has 1 N–H and O–H groups in total. The molecule has 15 heavy (non-hydrogen) atoms. The Kier molecular flexibility index (Phi) is 2.73. The lowest BCUT2D eigenvalue weighted by molar-refractivity contribution is 0.0963. The first-order valence-electron chi connectivity index (χ1n) is 4.73. The van der Waals surface area contributed by atoms with E-state index in [0.717, 1.165) is 5.56 Å². The molecule has 1 aliphatic heterocycles. The molecule has 1 aliphatic rings. The fraction of sp³-hybridized carbons (Fsp3) is 0.273. The van der Waals surface area contributed by atoms with Crippen LogP contribution in [0, 0.1) is 0 Å². The first kappa shape index (κ1) is 10.2. The van der Waals surface area contributed by atoms with E-state index in [1.165, 1.54) is 0 Å². The second kappa shape index (κ2) is 4.03. The number of alkyl halides is 1. The lowest BCUT2D eigenvalue weighted by Gasteiger charge is -2.04. The van der Waals surface area contributed by atoms with Gasteiger partial charge in [-0.2, -0.15) is 0 Å². The second-order valence-corrected chi connectivity index (χ2v) is 3.75. The van der Waals surface area contributed by atoms with Gasteiger partial charge in [0, 0.05) is 30.0 Å². The van der Waals surface area contributed by atoms with Gasteiger partial charge in [-0.15, -0.1) is 11.6 Å². The number of fused-ring (bicyclic) bond motifs is 1. The molecule has 1 aromatic carbocycles. The van der Waals surface area contributed by atoms with Crippen LogP contribution in [0.15, 0.2) is 18.2 Å². The van der Waals surface area contributed by atoms with Gasteiger partial charge in [-0.25, -0.2) is 0 Å². The minimum atomic E-state index is -0.106. The molecule has 0 saturated carbocycles. The van der Waals surface area contributed by atoms with Crippen molar-refractivity contribution in [3.63, 3.8) is 0 Å². The molecular formula is C11H10ClNO2. The van der Waals surface area contributed by atoms with Gasteiger partial charge in [0.2, 0.25) is 0 Å². The summed E-state index contributed by atoms with van der Waals surface area (Å²) in [6.45, 7) is 0.443. The molecule has 0 unspecified atom stereocenters. The average molecular weight is 224 g/mol. The van der Waals surface area contributed by atoms with E-state index in [2.05, 4.69) is 5.32 Å². The zero-order chi connectivity index (χ0) is 10.8. The molecule has 0 fully saturated rings. The number of rotatable bonds is 3. The first-order valence-corrected chi connectivity index (χ1v) is 5.26. The van der Waals surface area contributed by atoms with Crippen LogP contribution in [0.5, 0.6) is 0 Å². The maximum absolute atomic E-state index is 11.7. The van der Waals surface area contributed by atoms with Gasteiger partial charge in [0.25, 0.3) is 5.91 Å². The van der Waals surface area contributed by atoms with Crippen molar-refractivity contribution in [1.82, 2.24) is 5.32 Å². The molecule has 0 aliphatic carbocycles. The molecule has 1 amide bonds. The van der Waals surface area contributed by atoms with Crippen molar-refractivity contribution in [1.29, 1.82) is 0 Å². The lowest BCUT2D eigenvalue weighted by Crippen LogP contribution is -2.12. The van der Waals surface area contributed by atoms with Gasteiger partial charge in [0.15, 0.2) is 5.78 Å². The average Bonchev–Trinajstić information content (AvgIpc) is 2.61. The van der Waals surface area contributed by atoms with Crippen LogP contribution in [0.25, 0.3) is 0 Å². The molecule has 0 saturated heterocycles. The molecule has 2 rings (SSSR count). The lowest BCUT2D eigenvalue weighted by atomic mass is 9.99. The Labute approximate surface area is 92.4 Å². The van der Waals surface area contributed by atoms with Crippen LogP contribution in [0.3, 0.4) is 0 Å². The first-order chi connectivity index (χ1) is 7.24. The Morgan fingerprint density at radius 3 is 3.00 bits per heavy atom. The molecule has 78 valence electrons. The Morgan fingerprint density at radius 2 is 2.27 bits per heavy atom. The molecule has 4 heteroatoms. The van der Waals surface area contributed by atoms with E-state index in [1.807, 2.05) is 0 Å². The van der Waals surface area contributed by atoms with Gasteiger partial charge in [0.05, 0.1) is 0 Å². The molecular weight excluding hydrogens is 214 g/mol. The van der Waals surface area contributed by atoms with Crippen molar-refractivity contribution in [2.24, 2.45) is 0 Å². The van der Waals surface area contributed by atoms with Crippen molar-refractivity contribution in [3.8, 4) is 0 Å². The van der Waals surface area contributed by atoms with E-state index in [1.54, 1.807) is 18.2 Å². The van der Waals surface area contributed by atoms with Crippen LogP contribution in [0.1, 0.15) is 32.7 Å². The quantitative estimate of drug-likeness (QED) is 0.627. The summed E-state index contributed by atoms with van der Waals surface area (Å²) in [6.07, 6.45) is 0.312. The number of nitrogens with one attached hydrogen (secondary N) is 1. The summed E-state index contributed by atoms with van der Waals surface area (Å²) in [5.74, 6) is 0.202. The van der Waals surface area contributed by atoms with Crippen molar-refractivity contribution >= 4 is 23.3 Å². The molecule has 1 aromatic rings. The number of Topliss-reactive ketones (excluding diaryl/α,β-unsaturated/α-hetero) is 1. The van der Waals surface area contributed by atoms with Gasteiger partial charge >= 0.3 is 0 Å². The Hall–Kier alpha value is -1.35. The summed E-state index contributed by atoms with van der Waals surface area (Å²) < 4.78 is 0. The number of hydrogen-bond acceptors (Lipinski definition) is 2. The monoisotopic (exact) mass is 223 g/mol. The number of ketones is 1. The van der Waals surface area contributed by atoms with E-state index in [-0.39, 0.29) is 11.7 Å². The minimum Gasteiger partial charge on any atom is -0.348 e. The third-order valence-corrected chi connectivity index (χ3v) is 2.66.